The number of amides is 1. The van der Waals surface area contributed by atoms with Crippen molar-refractivity contribution in [2.45, 2.75) is 26.4 Å². The fraction of sp³-hybridized carbons (Fsp3) is 0.412. The average Bonchev–Trinajstić information content (AvgIpc) is 3.28. The molecule has 1 saturated heterocycles. The molecule has 0 spiro atoms. The molecule has 0 bridgehead atoms. The number of nitrogens with one attached hydrogen (secondary N) is 1. The molecule has 0 radical (unpaired) electrons. The predicted octanol–water partition coefficient (Wildman–Crippen LogP) is 1.37. The van der Waals surface area contributed by atoms with Crippen LogP contribution in [0, 0.1) is 12.8 Å². The molecule has 3 aromatic heterocycles. The van der Waals surface area contributed by atoms with E-state index in [-0.39, 0.29) is 17.9 Å². The van der Waals surface area contributed by atoms with Gasteiger partial charge in [0.15, 0.2) is 5.82 Å². The zero-order valence-corrected chi connectivity index (χ0v) is 14.4. The molecular formula is C17H20N6O2. The van der Waals surface area contributed by atoms with Crippen LogP contribution >= 0.6 is 0 Å². The topological polar surface area (TPSA) is 86.9 Å². The third-order valence-corrected chi connectivity index (χ3v) is 4.67. The van der Waals surface area contributed by atoms with Crippen molar-refractivity contribution in [3.8, 4) is 11.7 Å². The van der Waals surface area contributed by atoms with Crippen LogP contribution in [0.25, 0.3) is 16.9 Å². The van der Waals surface area contributed by atoms with E-state index in [2.05, 4.69) is 20.4 Å². The molecular weight excluding hydrogens is 320 g/mol. The molecule has 25 heavy (non-hydrogen) atoms. The Labute approximate surface area is 144 Å². The monoisotopic (exact) mass is 340 g/mol. The number of hydrogen-bond donors (Lipinski definition) is 1. The van der Waals surface area contributed by atoms with Gasteiger partial charge in [0.2, 0.25) is 11.8 Å². The molecule has 3 aromatic rings. The lowest BCUT2D eigenvalue weighted by Crippen LogP contribution is -2.26. The Morgan fingerprint density at radius 3 is 2.96 bits per heavy atom. The van der Waals surface area contributed by atoms with Crippen molar-refractivity contribution in [2.75, 3.05) is 6.54 Å². The van der Waals surface area contributed by atoms with Gasteiger partial charge in [-0.15, -0.1) is 0 Å². The molecule has 8 heteroatoms. The minimum Gasteiger partial charge on any atom is -0.473 e. The third-order valence-electron chi connectivity index (χ3n) is 4.67. The standard InChI is InChI=1S/C17H20N6O2/c1-10-4-5-20-23(10)14-7-13-16(22(3)9-19-13)17(21-14)25-11(2)12-6-15(24)18-8-12/h4-5,7,9,11-12H,6,8H2,1-3H3,(H,18,24)/t11-,12-/m1/s1. The normalized spacial score (nSPS) is 18.5. The summed E-state index contributed by atoms with van der Waals surface area (Å²) in [7, 11) is 1.91. The molecule has 1 aliphatic heterocycles. The number of ether oxygens (including phenoxy) is 1. The minimum atomic E-state index is -0.140. The molecule has 1 fully saturated rings. The van der Waals surface area contributed by atoms with Gasteiger partial charge in [-0.2, -0.15) is 10.1 Å². The largest absolute Gasteiger partial charge is 0.473 e. The zero-order chi connectivity index (χ0) is 17.6. The van der Waals surface area contributed by atoms with E-state index in [1.807, 2.05) is 37.6 Å². The maximum absolute atomic E-state index is 11.5. The van der Waals surface area contributed by atoms with Gasteiger partial charge in [-0.1, -0.05) is 0 Å². The van der Waals surface area contributed by atoms with Gasteiger partial charge in [0.25, 0.3) is 0 Å². The average molecular weight is 340 g/mol. The first-order chi connectivity index (χ1) is 12.0. The van der Waals surface area contributed by atoms with E-state index in [0.717, 1.165) is 16.7 Å². The number of carbonyl (C=O) groups is 1. The summed E-state index contributed by atoms with van der Waals surface area (Å²) >= 11 is 0. The second-order valence-corrected chi connectivity index (χ2v) is 6.48. The molecule has 1 amide bonds. The number of aromatic nitrogens is 5. The fourth-order valence-electron chi connectivity index (χ4n) is 3.16. The predicted molar refractivity (Wildman–Crippen MR) is 91.6 cm³/mol. The van der Waals surface area contributed by atoms with E-state index in [1.54, 1.807) is 17.2 Å². The molecule has 4 rings (SSSR count). The van der Waals surface area contributed by atoms with Crippen LogP contribution in [0.15, 0.2) is 24.7 Å². The van der Waals surface area contributed by atoms with E-state index >= 15 is 0 Å². The molecule has 0 aromatic carbocycles. The Morgan fingerprint density at radius 1 is 1.44 bits per heavy atom. The molecule has 8 nitrogen and oxygen atoms in total. The number of nitrogens with zero attached hydrogens (tertiary/aromatic N) is 5. The first kappa shape index (κ1) is 15.6. The van der Waals surface area contributed by atoms with E-state index in [0.29, 0.717) is 24.7 Å². The molecule has 0 unspecified atom stereocenters. The first-order valence-electron chi connectivity index (χ1n) is 8.29. The number of hydrogen-bond acceptors (Lipinski definition) is 5. The Hall–Kier alpha value is -2.90. The molecule has 4 heterocycles. The van der Waals surface area contributed by atoms with Crippen molar-refractivity contribution in [1.82, 2.24) is 29.6 Å². The number of pyridine rings is 1. The summed E-state index contributed by atoms with van der Waals surface area (Å²) in [5.74, 6) is 1.37. The molecule has 130 valence electrons. The number of fused-ring (bicyclic) bond motifs is 1. The number of aryl methyl sites for hydroxylation is 2. The lowest BCUT2D eigenvalue weighted by molar-refractivity contribution is -0.119. The third kappa shape index (κ3) is 2.73. The number of imidazole rings is 1. The van der Waals surface area contributed by atoms with E-state index in [1.165, 1.54) is 0 Å². The van der Waals surface area contributed by atoms with E-state index in [9.17, 15) is 4.79 Å². The maximum Gasteiger partial charge on any atom is 0.242 e. The fourth-order valence-corrected chi connectivity index (χ4v) is 3.16. The molecule has 0 aliphatic carbocycles. The lowest BCUT2D eigenvalue weighted by Gasteiger charge is -2.20. The van der Waals surface area contributed by atoms with Crippen LogP contribution < -0.4 is 10.1 Å². The van der Waals surface area contributed by atoms with Gasteiger partial charge in [-0.25, -0.2) is 9.67 Å². The van der Waals surface area contributed by atoms with Crippen molar-refractivity contribution in [2.24, 2.45) is 13.0 Å². The van der Waals surface area contributed by atoms with Gasteiger partial charge >= 0.3 is 0 Å². The maximum atomic E-state index is 11.5. The molecule has 0 saturated carbocycles. The van der Waals surface area contributed by atoms with Crippen molar-refractivity contribution in [3.63, 3.8) is 0 Å². The highest BCUT2D eigenvalue weighted by Gasteiger charge is 2.29. The van der Waals surface area contributed by atoms with Gasteiger partial charge in [-0.05, 0) is 19.9 Å². The van der Waals surface area contributed by atoms with E-state index in [4.69, 9.17) is 4.74 Å². The second kappa shape index (κ2) is 5.87. The van der Waals surface area contributed by atoms with Crippen LogP contribution in [0.3, 0.4) is 0 Å². The Bertz CT molecular complexity index is 944. The number of carbonyl (C=O) groups excluding carboxylic acids is 1. The molecule has 1 aliphatic rings. The quantitative estimate of drug-likeness (QED) is 0.775. The number of rotatable bonds is 4. The van der Waals surface area contributed by atoms with Gasteiger partial charge in [-0.3, -0.25) is 4.79 Å². The van der Waals surface area contributed by atoms with Crippen LogP contribution in [-0.4, -0.2) is 42.9 Å². The highest BCUT2D eigenvalue weighted by Crippen LogP contribution is 2.28. The molecule has 1 N–H and O–H groups in total. The molecule has 2 atom stereocenters. The summed E-state index contributed by atoms with van der Waals surface area (Å²) in [5.41, 5.74) is 2.61. The van der Waals surface area contributed by atoms with Crippen LogP contribution in [0.1, 0.15) is 19.0 Å². The summed E-state index contributed by atoms with van der Waals surface area (Å²) in [5, 5.41) is 7.17. The highest BCUT2D eigenvalue weighted by atomic mass is 16.5. The first-order valence-corrected chi connectivity index (χ1v) is 8.29. The lowest BCUT2D eigenvalue weighted by atomic mass is 10.0. The van der Waals surface area contributed by atoms with Crippen molar-refractivity contribution in [1.29, 1.82) is 0 Å². The minimum absolute atomic E-state index is 0.0695. The summed E-state index contributed by atoms with van der Waals surface area (Å²) in [4.78, 5) is 20.6. The van der Waals surface area contributed by atoms with Gasteiger partial charge in [0.05, 0.1) is 11.8 Å². The van der Waals surface area contributed by atoms with Gasteiger partial charge in [0, 0.05) is 43.9 Å². The Balaban J connectivity index is 1.74. The van der Waals surface area contributed by atoms with Crippen molar-refractivity contribution < 1.29 is 9.53 Å². The van der Waals surface area contributed by atoms with Crippen molar-refractivity contribution in [3.05, 3.63) is 30.4 Å². The summed E-state index contributed by atoms with van der Waals surface area (Å²) in [6.07, 6.45) is 3.81. The zero-order valence-electron chi connectivity index (χ0n) is 14.4. The summed E-state index contributed by atoms with van der Waals surface area (Å²) < 4.78 is 9.82. The van der Waals surface area contributed by atoms with Crippen LogP contribution in [0.5, 0.6) is 5.88 Å². The van der Waals surface area contributed by atoms with Gasteiger partial charge in [0.1, 0.15) is 11.6 Å². The summed E-state index contributed by atoms with van der Waals surface area (Å²) in [6, 6.07) is 3.82. The van der Waals surface area contributed by atoms with E-state index < -0.39 is 0 Å². The van der Waals surface area contributed by atoms with Gasteiger partial charge < -0.3 is 14.6 Å². The second-order valence-electron chi connectivity index (χ2n) is 6.48. The highest BCUT2D eigenvalue weighted by molar-refractivity contribution is 5.82. The summed E-state index contributed by atoms with van der Waals surface area (Å²) in [6.45, 7) is 4.57. The smallest absolute Gasteiger partial charge is 0.242 e. The van der Waals surface area contributed by atoms with Crippen LogP contribution in [0.2, 0.25) is 0 Å². The van der Waals surface area contributed by atoms with Crippen molar-refractivity contribution >= 4 is 16.9 Å². The SMILES string of the molecule is Cc1ccnn1-c1cc2ncn(C)c2c(O[C@H](C)[C@H]2CNC(=O)C2)n1. The van der Waals surface area contributed by atoms with Crippen LogP contribution in [-0.2, 0) is 11.8 Å². The Morgan fingerprint density at radius 2 is 2.28 bits per heavy atom. The Kier molecular flexibility index (Phi) is 3.67. The van der Waals surface area contributed by atoms with Crippen LogP contribution in [0.4, 0.5) is 0 Å².